The van der Waals surface area contributed by atoms with E-state index in [1.807, 2.05) is 42.6 Å². The number of hydrogen-bond donors (Lipinski definition) is 2. The number of rotatable bonds is 6. The zero-order valence-electron chi connectivity index (χ0n) is 16.9. The van der Waals surface area contributed by atoms with Gasteiger partial charge >= 0.3 is 0 Å². The average molecular weight is 400 g/mol. The van der Waals surface area contributed by atoms with E-state index in [0.717, 1.165) is 48.9 Å². The second-order valence-electron chi connectivity index (χ2n) is 7.25. The molecule has 1 aliphatic heterocycles. The van der Waals surface area contributed by atoms with Crippen molar-refractivity contribution in [3.63, 3.8) is 0 Å². The van der Waals surface area contributed by atoms with Crippen LogP contribution in [0, 0.1) is 11.3 Å². The van der Waals surface area contributed by atoms with Gasteiger partial charge in [-0.1, -0.05) is 12.1 Å². The van der Waals surface area contributed by atoms with Crippen molar-refractivity contribution >= 4 is 29.0 Å². The number of anilines is 5. The summed E-state index contributed by atoms with van der Waals surface area (Å²) in [5.41, 5.74) is 2.67. The molecule has 2 N–H and O–H groups in total. The molecule has 0 radical (unpaired) electrons. The van der Waals surface area contributed by atoms with E-state index < -0.39 is 0 Å². The summed E-state index contributed by atoms with van der Waals surface area (Å²) in [5, 5.41) is 15.3. The molecular formula is C22H24N8. The van der Waals surface area contributed by atoms with Crippen LogP contribution in [0.2, 0.25) is 0 Å². The zero-order valence-corrected chi connectivity index (χ0v) is 16.9. The van der Waals surface area contributed by atoms with E-state index in [2.05, 4.69) is 48.5 Å². The first-order valence-corrected chi connectivity index (χ1v) is 9.92. The number of nitrogens with one attached hydrogen (secondary N) is 2. The van der Waals surface area contributed by atoms with Crippen molar-refractivity contribution in [2.75, 3.05) is 48.8 Å². The second kappa shape index (κ2) is 9.20. The Morgan fingerprint density at radius 3 is 2.63 bits per heavy atom. The molecule has 152 valence electrons. The molecule has 1 fully saturated rings. The molecule has 0 unspecified atom stereocenters. The van der Waals surface area contributed by atoms with Crippen LogP contribution in [0.5, 0.6) is 0 Å². The normalized spacial score (nSPS) is 14.2. The minimum atomic E-state index is 0.378. The molecule has 4 rings (SSSR count). The number of hydrogen-bond acceptors (Lipinski definition) is 8. The van der Waals surface area contributed by atoms with Gasteiger partial charge in [-0.25, -0.2) is 9.97 Å². The standard InChI is InChI=1S/C22H24N8/c1-29-11-13-30(14-12-29)21-6-5-19(16-25-21)27-22-24-10-8-20(28-22)26-18-4-2-3-17(15-18)7-9-23/h2-6,8,10,15-16H,7,11-14H2,1H3,(H2,24,26,27,28). The van der Waals surface area contributed by atoms with Gasteiger partial charge in [0.25, 0.3) is 0 Å². The number of benzene rings is 1. The highest BCUT2D eigenvalue weighted by Crippen LogP contribution is 2.20. The number of piperazine rings is 1. The third-order valence-electron chi connectivity index (χ3n) is 4.97. The lowest BCUT2D eigenvalue weighted by Crippen LogP contribution is -2.44. The Kier molecular flexibility index (Phi) is 6.01. The van der Waals surface area contributed by atoms with Crippen LogP contribution in [0.3, 0.4) is 0 Å². The van der Waals surface area contributed by atoms with E-state index >= 15 is 0 Å². The Morgan fingerprint density at radius 2 is 1.87 bits per heavy atom. The van der Waals surface area contributed by atoms with E-state index in [1.54, 1.807) is 12.3 Å². The van der Waals surface area contributed by atoms with Gasteiger partial charge in [0, 0.05) is 38.1 Å². The summed E-state index contributed by atoms with van der Waals surface area (Å²) < 4.78 is 0. The van der Waals surface area contributed by atoms with E-state index in [4.69, 9.17) is 5.26 Å². The fraction of sp³-hybridized carbons (Fsp3) is 0.273. The monoisotopic (exact) mass is 400 g/mol. The number of nitriles is 1. The maximum Gasteiger partial charge on any atom is 0.229 e. The summed E-state index contributed by atoms with van der Waals surface area (Å²) in [6, 6.07) is 15.7. The van der Waals surface area contributed by atoms with Crippen LogP contribution in [-0.2, 0) is 6.42 Å². The summed E-state index contributed by atoms with van der Waals surface area (Å²) in [5.74, 6) is 2.15. The van der Waals surface area contributed by atoms with Gasteiger partial charge in [0.2, 0.25) is 5.95 Å². The third-order valence-corrected chi connectivity index (χ3v) is 4.97. The van der Waals surface area contributed by atoms with Gasteiger partial charge in [-0.3, -0.25) is 0 Å². The lowest BCUT2D eigenvalue weighted by atomic mass is 10.1. The first-order valence-electron chi connectivity index (χ1n) is 9.92. The third kappa shape index (κ3) is 5.01. The number of aromatic nitrogens is 3. The first kappa shape index (κ1) is 19.6. The molecule has 30 heavy (non-hydrogen) atoms. The number of pyridine rings is 1. The Bertz CT molecular complexity index is 1020. The molecule has 0 spiro atoms. The molecule has 3 heterocycles. The molecule has 2 aromatic heterocycles. The molecule has 1 aliphatic rings. The molecule has 1 aromatic carbocycles. The van der Waals surface area contributed by atoms with Crippen LogP contribution in [0.25, 0.3) is 0 Å². The van der Waals surface area contributed by atoms with Crippen molar-refractivity contribution in [1.82, 2.24) is 19.9 Å². The smallest absolute Gasteiger partial charge is 0.229 e. The molecule has 0 saturated carbocycles. The predicted molar refractivity (Wildman–Crippen MR) is 118 cm³/mol. The summed E-state index contributed by atoms with van der Waals surface area (Å²) >= 11 is 0. The van der Waals surface area contributed by atoms with E-state index in [0.29, 0.717) is 18.2 Å². The van der Waals surface area contributed by atoms with E-state index in [1.165, 1.54) is 0 Å². The van der Waals surface area contributed by atoms with Gasteiger partial charge in [0.1, 0.15) is 11.6 Å². The van der Waals surface area contributed by atoms with Crippen LogP contribution in [0.1, 0.15) is 5.56 Å². The SMILES string of the molecule is CN1CCN(c2ccc(Nc3nccc(Nc4cccc(CC#N)c4)n3)cn2)CC1. The van der Waals surface area contributed by atoms with Crippen LogP contribution in [0.15, 0.2) is 54.9 Å². The molecule has 0 atom stereocenters. The average Bonchev–Trinajstić information content (AvgIpc) is 2.76. The van der Waals surface area contributed by atoms with Crippen LogP contribution >= 0.6 is 0 Å². The highest BCUT2D eigenvalue weighted by Gasteiger charge is 2.15. The molecule has 8 nitrogen and oxygen atoms in total. The fourth-order valence-electron chi connectivity index (χ4n) is 3.30. The van der Waals surface area contributed by atoms with Crippen LogP contribution in [-0.4, -0.2) is 53.1 Å². The quantitative estimate of drug-likeness (QED) is 0.652. The minimum Gasteiger partial charge on any atom is -0.354 e. The summed E-state index contributed by atoms with van der Waals surface area (Å²) in [7, 11) is 2.14. The summed E-state index contributed by atoms with van der Waals surface area (Å²) in [4.78, 5) is 18.0. The molecule has 0 bridgehead atoms. The lowest BCUT2D eigenvalue weighted by Gasteiger charge is -2.33. The molecular weight excluding hydrogens is 376 g/mol. The van der Waals surface area contributed by atoms with Crippen molar-refractivity contribution in [3.05, 3.63) is 60.4 Å². The Labute approximate surface area is 176 Å². The van der Waals surface area contributed by atoms with Crippen molar-refractivity contribution in [1.29, 1.82) is 5.26 Å². The van der Waals surface area contributed by atoms with Gasteiger partial charge in [-0.15, -0.1) is 0 Å². The lowest BCUT2D eigenvalue weighted by molar-refractivity contribution is 0.312. The van der Waals surface area contributed by atoms with Crippen molar-refractivity contribution in [2.45, 2.75) is 6.42 Å². The minimum absolute atomic E-state index is 0.378. The summed E-state index contributed by atoms with van der Waals surface area (Å²) in [6.07, 6.45) is 3.88. The number of likely N-dealkylation sites (N-methyl/N-ethyl adjacent to an activating group) is 1. The Hall–Kier alpha value is -3.70. The molecule has 3 aromatic rings. The molecule has 1 saturated heterocycles. The summed E-state index contributed by atoms with van der Waals surface area (Å²) in [6.45, 7) is 4.08. The van der Waals surface area contributed by atoms with E-state index in [9.17, 15) is 0 Å². The molecule has 8 heteroatoms. The van der Waals surface area contributed by atoms with Crippen molar-refractivity contribution in [2.24, 2.45) is 0 Å². The largest absolute Gasteiger partial charge is 0.354 e. The van der Waals surface area contributed by atoms with E-state index in [-0.39, 0.29) is 0 Å². The Balaban J connectivity index is 1.40. The van der Waals surface area contributed by atoms with Gasteiger partial charge in [-0.2, -0.15) is 10.2 Å². The molecule has 0 amide bonds. The predicted octanol–water partition coefficient (Wildman–Crippen LogP) is 3.18. The fourth-order valence-corrected chi connectivity index (χ4v) is 3.30. The van der Waals surface area contributed by atoms with Gasteiger partial charge in [-0.05, 0) is 42.9 Å². The maximum absolute atomic E-state index is 8.87. The topological polar surface area (TPSA) is 93.0 Å². The van der Waals surface area contributed by atoms with Crippen LogP contribution < -0.4 is 15.5 Å². The molecule has 0 aliphatic carbocycles. The first-order chi connectivity index (χ1) is 14.7. The van der Waals surface area contributed by atoms with Gasteiger partial charge < -0.3 is 20.4 Å². The van der Waals surface area contributed by atoms with Gasteiger partial charge in [0.15, 0.2) is 0 Å². The van der Waals surface area contributed by atoms with Crippen LogP contribution in [0.4, 0.5) is 29.0 Å². The maximum atomic E-state index is 8.87. The zero-order chi connectivity index (χ0) is 20.8. The highest BCUT2D eigenvalue weighted by atomic mass is 15.3. The van der Waals surface area contributed by atoms with Gasteiger partial charge in [0.05, 0.1) is 24.4 Å². The van der Waals surface area contributed by atoms with Crippen molar-refractivity contribution < 1.29 is 0 Å². The Morgan fingerprint density at radius 1 is 1.00 bits per heavy atom. The second-order valence-corrected chi connectivity index (χ2v) is 7.25. The van der Waals surface area contributed by atoms with Crippen molar-refractivity contribution in [3.8, 4) is 6.07 Å². The highest BCUT2D eigenvalue weighted by molar-refractivity contribution is 5.60. The number of nitrogens with zero attached hydrogens (tertiary/aromatic N) is 6.